The lowest BCUT2D eigenvalue weighted by Gasteiger charge is -2.00. The fraction of sp³-hybridized carbons (Fsp3) is 0.182. The lowest BCUT2D eigenvalue weighted by Crippen LogP contribution is -2.07. The van der Waals surface area contributed by atoms with Gasteiger partial charge in [0.15, 0.2) is 0 Å². The Balaban J connectivity index is 2.33. The summed E-state index contributed by atoms with van der Waals surface area (Å²) in [4.78, 5) is 25.3. The summed E-state index contributed by atoms with van der Waals surface area (Å²) in [5.41, 5.74) is 0.388. The molecule has 0 spiro atoms. The van der Waals surface area contributed by atoms with Crippen LogP contribution in [0.4, 0.5) is 5.69 Å². The molecule has 0 aliphatic carbocycles. The molecule has 1 aromatic heterocycles. The van der Waals surface area contributed by atoms with E-state index < -0.39 is 10.9 Å². The summed E-state index contributed by atoms with van der Waals surface area (Å²) in [6, 6.07) is 5.51. The number of nitro benzene ring substituents is 1. The van der Waals surface area contributed by atoms with E-state index in [0.29, 0.717) is 5.69 Å². The Bertz CT molecular complexity index is 653. The van der Waals surface area contributed by atoms with Crippen LogP contribution in [0.25, 0.3) is 5.69 Å². The summed E-state index contributed by atoms with van der Waals surface area (Å²) in [7, 11) is 0. The molecular formula is C11H9ClN4O4. The number of hydrogen-bond donors (Lipinski definition) is 0. The van der Waals surface area contributed by atoms with Crippen molar-refractivity contribution in [2.24, 2.45) is 0 Å². The second-order valence-electron chi connectivity index (χ2n) is 3.61. The summed E-state index contributed by atoms with van der Waals surface area (Å²) in [6.07, 6.45) is 0. The third-order valence-electron chi connectivity index (χ3n) is 2.33. The highest BCUT2D eigenvalue weighted by Gasteiger charge is 2.17. The first-order chi connectivity index (χ1) is 9.52. The van der Waals surface area contributed by atoms with Crippen LogP contribution in [0.3, 0.4) is 0 Å². The third kappa shape index (κ3) is 2.75. The molecule has 0 bridgehead atoms. The summed E-state index contributed by atoms with van der Waals surface area (Å²) in [5.74, 6) is -0.856. The minimum absolute atomic E-state index is 0.0399. The predicted octanol–water partition coefficient (Wildman–Crippen LogP) is 2.01. The Morgan fingerprint density at radius 2 is 2.10 bits per heavy atom. The predicted molar refractivity (Wildman–Crippen MR) is 69.0 cm³/mol. The minimum Gasteiger partial charge on any atom is -0.460 e. The number of nitro groups is 1. The van der Waals surface area contributed by atoms with E-state index in [9.17, 15) is 14.9 Å². The van der Waals surface area contributed by atoms with Gasteiger partial charge in [0.2, 0.25) is 5.28 Å². The highest BCUT2D eigenvalue weighted by atomic mass is 35.5. The Hall–Kier alpha value is -2.48. The second kappa shape index (κ2) is 5.66. The van der Waals surface area contributed by atoms with Gasteiger partial charge in [0.05, 0.1) is 17.2 Å². The van der Waals surface area contributed by atoms with Crippen LogP contribution in [0, 0.1) is 10.1 Å². The molecule has 20 heavy (non-hydrogen) atoms. The first kappa shape index (κ1) is 13.9. The van der Waals surface area contributed by atoms with E-state index in [4.69, 9.17) is 16.3 Å². The zero-order chi connectivity index (χ0) is 14.7. The maximum atomic E-state index is 11.5. The van der Waals surface area contributed by atoms with Gasteiger partial charge in [-0.25, -0.2) is 9.48 Å². The van der Waals surface area contributed by atoms with Crippen molar-refractivity contribution in [1.29, 1.82) is 0 Å². The SMILES string of the molecule is CCOC(=O)c1nc(Cl)n(-c2ccc([N+](=O)[O-])cc2)n1. The van der Waals surface area contributed by atoms with Gasteiger partial charge in [-0.2, -0.15) is 4.98 Å². The van der Waals surface area contributed by atoms with Crippen LogP contribution >= 0.6 is 11.6 Å². The Kier molecular flexibility index (Phi) is 3.94. The zero-order valence-corrected chi connectivity index (χ0v) is 11.1. The fourth-order valence-electron chi connectivity index (χ4n) is 1.46. The van der Waals surface area contributed by atoms with Crippen molar-refractivity contribution < 1.29 is 14.5 Å². The van der Waals surface area contributed by atoms with Crippen LogP contribution in [-0.4, -0.2) is 32.3 Å². The van der Waals surface area contributed by atoms with Crippen molar-refractivity contribution >= 4 is 23.3 Å². The molecule has 9 heteroatoms. The lowest BCUT2D eigenvalue weighted by molar-refractivity contribution is -0.384. The van der Waals surface area contributed by atoms with E-state index in [1.807, 2.05) is 0 Å². The zero-order valence-electron chi connectivity index (χ0n) is 10.3. The van der Waals surface area contributed by atoms with E-state index in [2.05, 4.69) is 10.1 Å². The summed E-state index contributed by atoms with van der Waals surface area (Å²) in [6.45, 7) is 1.86. The third-order valence-corrected chi connectivity index (χ3v) is 2.58. The van der Waals surface area contributed by atoms with Crippen LogP contribution in [0.15, 0.2) is 24.3 Å². The minimum atomic E-state index is -0.685. The van der Waals surface area contributed by atoms with Gasteiger partial charge >= 0.3 is 5.97 Å². The number of carbonyl (C=O) groups excluding carboxylic acids is 1. The highest BCUT2D eigenvalue weighted by molar-refractivity contribution is 6.28. The molecule has 8 nitrogen and oxygen atoms in total. The van der Waals surface area contributed by atoms with Crippen molar-refractivity contribution in [1.82, 2.24) is 14.8 Å². The molecule has 2 rings (SSSR count). The van der Waals surface area contributed by atoms with Gasteiger partial charge < -0.3 is 4.74 Å². The Morgan fingerprint density at radius 3 is 2.65 bits per heavy atom. The van der Waals surface area contributed by atoms with E-state index in [0.717, 1.165) is 0 Å². The number of esters is 1. The van der Waals surface area contributed by atoms with Gasteiger partial charge in [0, 0.05) is 12.1 Å². The quantitative estimate of drug-likeness (QED) is 0.486. The summed E-state index contributed by atoms with van der Waals surface area (Å²) in [5, 5.41) is 14.4. The molecule has 0 aliphatic heterocycles. The standard InChI is InChI=1S/C11H9ClN4O4/c1-2-20-10(17)9-13-11(12)15(14-9)7-3-5-8(6-4-7)16(18)19/h3-6H,2H2,1H3. The van der Waals surface area contributed by atoms with E-state index in [1.54, 1.807) is 6.92 Å². The molecule has 0 saturated heterocycles. The number of carbonyl (C=O) groups is 1. The van der Waals surface area contributed by atoms with Crippen molar-refractivity contribution in [2.45, 2.75) is 6.92 Å². The molecule has 1 aromatic carbocycles. The van der Waals surface area contributed by atoms with Crippen LogP contribution in [0.5, 0.6) is 0 Å². The van der Waals surface area contributed by atoms with Gasteiger partial charge in [0.25, 0.3) is 11.5 Å². The van der Waals surface area contributed by atoms with Crippen molar-refractivity contribution in [3.8, 4) is 5.69 Å². The number of hydrogen-bond acceptors (Lipinski definition) is 6. The lowest BCUT2D eigenvalue weighted by atomic mass is 10.3. The highest BCUT2D eigenvalue weighted by Crippen LogP contribution is 2.18. The van der Waals surface area contributed by atoms with Crippen LogP contribution in [0.2, 0.25) is 5.28 Å². The van der Waals surface area contributed by atoms with Crippen LogP contribution in [0.1, 0.15) is 17.5 Å². The number of halogens is 1. The number of aromatic nitrogens is 3. The van der Waals surface area contributed by atoms with Gasteiger partial charge in [0.1, 0.15) is 0 Å². The normalized spacial score (nSPS) is 10.3. The van der Waals surface area contributed by atoms with Crippen molar-refractivity contribution in [2.75, 3.05) is 6.61 Å². The van der Waals surface area contributed by atoms with Gasteiger partial charge in [-0.3, -0.25) is 10.1 Å². The number of benzene rings is 1. The first-order valence-electron chi connectivity index (χ1n) is 5.57. The van der Waals surface area contributed by atoms with E-state index >= 15 is 0 Å². The van der Waals surface area contributed by atoms with Crippen molar-refractivity contribution in [3.63, 3.8) is 0 Å². The molecular weight excluding hydrogens is 288 g/mol. The number of nitrogens with zero attached hydrogens (tertiary/aromatic N) is 4. The monoisotopic (exact) mass is 296 g/mol. The molecule has 0 atom stereocenters. The number of non-ortho nitro benzene ring substituents is 1. The van der Waals surface area contributed by atoms with Gasteiger partial charge in [-0.05, 0) is 30.7 Å². The van der Waals surface area contributed by atoms with Gasteiger partial charge in [-0.15, -0.1) is 5.10 Å². The smallest absolute Gasteiger partial charge is 0.378 e. The molecule has 0 saturated carbocycles. The van der Waals surface area contributed by atoms with Gasteiger partial charge in [-0.1, -0.05) is 0 Å². The van der Waals surface area contributed by atoms with E-state index in [-0.39, 0.29) is 23.4 Å². The fourth-order valence-corrected chi connectivity index (χ4v) is 1.67. The van der Waals surface area contributed by atoms with Crippen LogP contribution in [-0.2, 0) is 4.74 Å². The van der Waals surface area contributed by atoms with Crippen LogP contribution < -0.4 is 0 Å². The summed E-state index contributed by atoms with van der Waals surface area (Å²) >= 11 is 5.87. The molecule has 0 radical (unpaired) electrons. The largest absolute Gasteiger partial charge is 0.460 e. The summed E-state index contributed by atoms with van der Waals surface area (Å²) < 4.78 is 5.95. The molecule has 104 valence electrons. The topological polar surface area (TPSA) is 100 Å². The molecule has 0 amide bonds. The number of rotatable bonds is 4. The molecule has 0 aliphatic rings. The first-order valence-corrected chi connectivity index (χ1v) is 5.95. The molecule has 0 unspecified atom stereocenters. The Labute approximate surface area is 118 Å². The molecule has 2 aromatic rings. The maximum Gasteiger partial charge on any atom is 0.378 e. The molecule has 0 N–H and O–H groups in total. The number of ether oxygens (including phenoxy) is 1. The maximum absolute atomic E-state index is 11.5. The van der Waals surface area contributed by atoms with Crippen molar-refractivity contribution in [3.05, 3.63) is 45.5 Å². The average molecular weight is 297 g/mol. The average Bonchev–Trinajstić information content (AvgIpc) is 2.81. The molecule has 1 heterocycles. The Morgan fingerprint density at radius 1 is 1.45 bits per heavy atom. The van der Waals surface area contributed by atoms with E-state index in [1.165, 1.54) is 28.9 Å². The second-order valence-corrected chi connectivity index (χ2v) is 3.95. The molecule has 0 fully saturated rings.